The Kier molecular flexibility index (Phi) is 4.47. The number of hydrogen-bond donors (Lipinski definition) is 2. The minimum atomic E-state index is -3.53. The molecule has 2 N–H and O–H groups in total. The maximum Gasteiger partial charge on any atom is 0.240 e. The van der Waals surface area contributed by atoms with Crippen LogP contribution in [0.2, 0.25) is 0 Å². The molecule has 1 aromatic carbocycles. The minimum absolute atomic E-state index is 0.0350. The quantitative estimate of drug-likeness (QED) is 0.887. The summed E-state index contributed by atoms with van der Waals surface area (Å²) in [5.74, 6) is 0.546. The highest BCUT2D eigenvalue weighted by Crippen LogP contribution is 2.34. The maximum absolute atomic E-state index is 12.5. The third-order valence-corrected chi connectivity index (χ3v) is 6.98. The van der Waals surface area contributed by atoms with Crippen LogP contribution in [0.15, 0.2) is 28.0 Å². The molecular formula is C15H20N2O3S2. The Hall–Kier alpha value is -1.05. The van der Waals surface area contributed by atoms with E-state index in [2.05, 4.69) is 10.0 Å². The first-order valence-electron chi connectivity index (χ1n) is 7.56. The molecule has 7 heteroatoms. The molecule has 0 aromatic heterocycles. The van der Waals surface area contributed by atoms with Crippen LogP contribution in [0.25, 0.3) is 0 Å². The standard InChI is InChI=1S/C15H20N2O3S2/c1-10-9-21-14-7-6-12(8-13(14)16-15(10)18)22(19,20)17-11-4-2-3-5-11/h6-8,10-11,17H,2-5,9H2,1H3,(H,16,18)/t10-/m1/s1. The van der Waals surface area contributed by atoms with E-state index in [-0.39, 0.29) is 22.8 Å². The number of anilines is 1. The fourth-order valence-electron chi connectivity index (χ4n) is 2.78. The number of rotatable bonds is 3. The Balaban J connectivity index is 1.86. The maximum atomic E-state index is 12.5. The van der Waals surface area contributed by atoms with Crippen molar-refractivity contribution in [1.82, 2.24) is 4.72 Å². The van der Waals surface area contributed by atoms with E-state index in [9.17, 15) is 13.2 Å². The number of thioether (sulfide) groups is 1. The average Bonchev–Trinajstić information content (AvgIpc) is 2.92. The number of nitrogens with one attached hydrogen (secondary N) is 2. The van der Waals surface area contributed by atoms with Crippen LogP contribution in [-0.4, -0.2) is 26.1 Å². The summed E-state index contributed by atoms with van der Waals surface area (Å²) in [5.41, 5.74) is 0.591. The van der Waals surface area contributed by atoms with Crippen molar-refractivity contribution < 1.29 is 13.2 Å². The zero-order valence-electron chi connectivity index (χ0n) is 12.5. The van der Waals surface area contributed by atoms with Gasteiger partial charge in [-0.1, -0.05) is 19.8 Å². The van der Waals surface area contributed by atoms with Gasteiger partial charge in [-0.25, -0.2) is 13.1 Å². The van der Waals surface area contributed by atoms with Gasteiger partial charge in [0, 0.05) is 22.6 Å². The van der Waals surface area contributed by atoms with Gasteiger partial charge in [0.05, 0.1) is 10.6 Å². The summed E-state index contributed by atoms with van der Waals surface area (Å²) < 4.78 is 27.7. The van der Waals surface area contributed by atoms with Gasteiger partial charge < -0.3 is 5.32 Å². The molecule has 0 radical (unpaired) electrons. The van der Waals surface area contributed by atoms with E-state index < -0.39 is 10.0 Å². The number of amides is 1. The van der Waals surface area contributed by atoms with Crippen molar-refractivity contribution in [2.75, 3.05) is 11.1 Å². The van der Waals surface area contributed by atoms with E-state index in [4.69, 9.17) is 0 Å². The molecule has 1 aliphatic heterocycles. The molecule has 1 aliphatic carbocycles. The smallest absolute Gasteiger partial charge is 0.240 e. The highest BCUT2D eigenvalue weighted by atomic mass is 32.2. The molecule has 1 heterocycles. The number of benzene rings is 1. The molecule has 1 aromatic rings. The van der Waals surface area contributed by atoms with Crippen molar-refractivity contribution in [3.63, 3.8) is 0 Å². The average molecular weight is 340 g/mol. The summed E-state index contributed by atoms with van der Waals surface area (Å²) >= 11 is 1.58. The third kappa shape index (κ3) is 3.31. The van der Waals surface area contributed by atoms with Crippen LogP contribution >= 0.6 is 11.8 Å². The molecule has 2 aliphatic rings. The minimum Gasteiger partial charge on any atom is -0.325 e. The second-order valence-electron chi connectivity index (χ2n) is 5.96. The molecular weight excluding hydrogens is 320 g/mol. The van der Waals surface area contributed by atoms with Gasteiger partial charge in [-0.05, 0) is 31.0 Å². The van der Waals surface area contributed by atoms with Gasteiger partial charge in [-0.2, -0.15) is 0 Å². The SMILES string of the molecule is C[C@@H]1CSc2ccc(S(=O)(=O)NC3CCCC3)cc2NC1=O. The monoisotopic (exact) mass is 340 g/mol. The van der Waals surface area contributed by atoms with Gasteiger partial charge in [-0.15, -0.1) is 11.8 Å². The Morgan fingerprint density at radius 3 is 2.73 bits per heavy atom. The van der Waals surface area contributed by atoms with Crippen molar-refractivity contribution in [3.05, 3.63) is 18.2 Å². The first-order chi connectivity index (χ1) is 10.5. The van der Waals surface area contributed by atoms with Crippen LogP contribution in [0, 0.1) is 5.92 Å². The number of hydrogen-bond acceptors (Lipinski definition) is 4. The fourth-order valence-corrected chi connectivity index (χ4v) is 5.12. The van der Waals surface area contributed by atoms with Gasteiger partial charge >= 0.3 is 0 Å². The first kappa shape index (κ1) is 15.8. The highest BCUT2D eigenvalue weighted by Gasteiger charge is 2.25. The highest BCUT2D eigenvalue weighted by molar-refractivity contribution is 7.99. The predicted molar refractivity (Wildman–Crippen MR) is 87.5 cm³/mol. The number of carbonyl (C=O) groups is 1. The van der Waals surface area contributed by atoms with Crippen LogP contribution in [0.3, 0.4) is 0 Å². The predicted octanol–water partition coefficient (Wildman–Crippen LogP) is 2.59. The Morgan fingerprint density at radius 2 is 2.00 bits per heavy atom. The van der Waals surface area contributed by atoms with Gasteiger partial charge in [0.1, 0.15) is 0 Å². The molecule has 1 fully saturated rings. The van der Waals surface area contributed by atoms with Gasteiger partial charge in [0.15, 0.2) is 0 Å². The Morgan fingerprint density at radius 1 is 1.27 bits per heavy atom. The zero-order chi connectivity index (χ0) is 15.7. The van der Waals surface area contributed by atoms with E-state index in [0.29, 0.717) is 11.4 Å². The second-order valence-corrected chi connectivity index (χ2v) is 8.74. The van der Waals surface area contributed by atoms with Crippen molar-refractivity contribution in [3.8, 4) is 0 Å². The summed E-state index contributed by atoms with van der Waals surface area (Å²) in [5, 5.41) is 2.83. The van der Waals surface area contributed by atoms with E-state index in [1.54, 1.807) is 30.0 Å². The molecule has 5 nitrogen and oxygen atoms in total. The lowest BCUT2D eigenvalue weighted by Gasteiger charge is -2.14. The Labute approximate surface area is 135 Å². The molecule has 1 amide bonds. The second kappa shape index (κ2) is 6.22. The molecule has 1 saturated carbocycles. The fraction of sp³-hybridized carbons (Fsp3) is 0.533. The molecule has 120 valence electrons. The lowest BCUT2D eigenvalue weighted by Crippen LogP contribution is -2.32. The van der Waals surface area contributed by atoms with Gasteiger partial charge in [0.2, 0.25) is 15.9 Å². The first-order valence-corrected chi connectivity index (χ1v) is 10.0. The van der Waals surface area contributed by atoms with Gasteiger partial charge in [-0.3, -0.25) is 4.79 Å². The lowest BCUT2D eigenvalue weighted by atomic mass is 10.2. The zero-order valence-corrected chi connectivity index (χ0v) is 14.1. The summed E-state index contributed by atoms with van der Waals surface area (Å²) in [4.78, 5) is 13.1. The largest absolute Gasteiger partial charge is 0.325 e. The van der Waals surface area contributed by atoms with Crippen LogP contribution in [0.5, 0.6) is 0 Å². The lowest BCUT2D eigenvalue weighted by molar-refractivity contribution is -0.118. The van der Waals surface area contributed by atoms with E-state index in [0.717, 1.165) is 30.6 Å². The van der Waals surface area contributed by atoms with Crippen molar-refractivity contribution in [1.29, 1.82) is 0 Å². The van der Waals surface area contributed by atoms with Crippen LogP contribution in [0.1, 0.15) is 32.6 Å². The van der Waals surface area contributed by atoms with E-state index >= 15 is 0 Å². The molecule has 0 bridgehead atoms. The van der Waals surface area contributed by atoms with Gasteiger partial charge in [0.25, 0.3) is 0 Å². The molecule has 1 atom stereocenters. The normalized spacial score (nSPS) is 23.0. The van der Waals surface area contributed by atoms with E-state index in [1.807, 2.05) is 6.92 Å². The topological polar surface area (TPSA) is 75.3 Å². The molecule has 0 saturated heterocycles. The number of sulfonamides is 1. The summed E-state index contributed by atoms with van der Waals surface area (Å²) in [6.45, 7) is 1.87. The third-order valence-electron chi connectivity index (χ3n) is 4.13. The van der Waals surface area contributed by atoms with E-state index in [1.165, 1.54) is 0 Å². The van der Waals surface area contributed by atoms with Crippen molar-refractivity contribution in [2.45, 2.75) is 48.4 Å². The summed E-state index contributed by atoms with van der Waals surface area (Å²) in [6, 6.07) is 5.00. The summed E-state index contributed by atoms with van der Waals surface area (Å²) in [6.07, 6.45) is 3.94. The Bertz CT molecular complexity index is 682. The van der Waals surface area contributed by atoms with Crippen molar-refractivity contribution in [2.24, 2.45) is 5.92 Å². The van der Waals surface area contributed by atoms with Crippen LogP contribution in [0.4, 0.5) is 5.69 Å². The summed E-state index contributed by atoms with van der Waals surface area (Å²) in [7, 11) is -3.53. The van der Waals surface area contributed by atoms with Crippen LogP contribution < -0.4 is 10.0 Å². The molecule has 3 rings (SSSR count). The molecule has 0 unspecified atom stereocenters. The number of carbonyl (C=O) groups excluding carboxylic acids is 1. The number of fused-ring (bicyclic) bond motifs is 1. The molecule has 0 spiro atoms. The van der Waals surface area contributed by atoms with Crippen molar-refractivity contribution >= 4 is 33.4 Å². The molecule has 22 heavy (non-hydrogen) atoms. The van der Waals surface area contributed by atoms with Crippen LogP contribution in [-0.2, 0) is 14.8 Å².